The van der Waals surface area contributed by atoms with Crippen molar-refractivity contribution < 1.29 is 9.31 Å². The molecule has 0 bridgehead atoms. The van der Waals surface area contributed by atoms with Crippen LogP contribution < -0.4 is 20.6 Å². The quantitative estimate of drug-likeness (QED) is 0.451. The average Bonchev–Trinajstić information content (AvgIpc) is 3.19. The van der Waals surface area contributed by atoms with Gasteiger partial charge in [-0.15, -0.1) is 0 Å². The van der Waals surface area contributed by atoms with Crippen LogP contribution in [0, 0.1) is 5.41 Å². The molecule has 0 amide bonds. The number of fused-ring (bicyclic) bond motifs is 3. The molecule has 3 fully saturated rings. The number of nitrogens with zero attached hydrogens (tertiary/aromatic N) is 6. The Morgan fingerprint density at radius 1 is 1.05 bits per heavy atom. The van der Waals surface area contributed by atoms with Crippen molar-refractivity contribution >= 4 is 43.2 Å². The highest BCUT2D eigenvalue weighted by atomic mass is 31.1. The molecule has 2 aromatic rings. The van der Waals surface area contributed by atoms with Gasteiger partial charge in [-0.05, 0) is 77.0 Å². The van der Waals surface area contributed by atoms with Gasteiger partial charge in [-0.1, -0.05) is 25.9 Å². The number of benzene rings is 1. The molecule has 1 aromatic carbocycles. The lowest BCUT2D eigenvalue weighted by atomic mass is 9.73. The van der Waals surface area contributed by atoms with Gasteiger partial charge in [0.2, 0.25) is 0 Å². The van der Waals surface area contributed by atoms with Crippen molar-refractivity contribution in [2.24, 2.45) is 10.4 Å². The zero-order chi connectivity index (χ0) is 28.2. The minimum Gasteiger partial charge on any atom is -0.375 e. The molecular weight excluding hydrogens is 517 g/mol. The fourth-order valence-electron chi connectivity index (χ4n) is 6.48. The monoisotopic (exact) mass is 560 g/mol. The van der Waals surface area contributed by atoms with E-state index in [1.165, 1.54) is 11.3 Å². The molecule has 9 heteroatoms. The fraction of sp³-hybridized carbons (Fsp3) is 0.516. The summed E-state index contributed by atoms with van der Waals surface area (Å²) < 4.78 is 8.44. The number of rotatable bonds is 4. The maximum absolute atomic E-state index is 6.41. The van der Waals surface area contributed by atoms with Crippen molar-refractivity contribution in [2.45, 2.75) is 45.0 Å². The average molecular weight is 561 g/mol. The Kier molecular flexibility index (Phi) is 7.00. The van der Waals surface area contributed by atoms with Crippen molar-refractivity contribution in [3.8, 4) is 0 Å². The van der Waals surface area contributed by atoms with Crippen LogP contribution in [0.25, 0.3) is 0 Å². The standard InChI is InChI=1S/C31H43N7OP/c1-30(2)19-25-31(3,21-39-30)24-20-32-29(33-22-11-13-23(14-12-22)37-17-15-35(4)16-18-37)36(5)28(24)38(25)26-9-8-10-27(34-26)40(6)7/h8-14,20,25,28H,5,15-19,21H2,1-4,6-7H3,(H,32,33)/q+1/t25?,28?,31-/m1/s1. The summed E-state index contributed by atoms with van der Waals surface area (Å²) in [7, 11) is 1.88. The molecular formula is C31H43N7OP+. The summed E-state index contributed by atoms with van der Waals surface area (Å²) in [5, 5.41) is 3.56. The fourth-order valence-corrected chi connectivity index (χ4v) is 7.17. The number of anilines is 3. The van der Waals surface area contributed by atoms with E-state index in [0.29, 0.717) is 6.61 Å². The van der Waals surface area contributed by atoms with Crippen molar-refractivity contribution in [3.05, 3.63) is 54.2 Å². The Labute approximate surface area is 240 Å². The second-order valence-corrected chi connectivity index (χ2v) is 14.9. The smallest absolute Gasteiger partial charge is 0.375 e. The third-order valence-corrected chi connectivity index (χ3v) is 10.2. The number of hydrogen-bond acceptors (Lipinski definition) is 7. The first kappa shape index (κ1) is 27.4. The molecule has 4 aliphatic heterocycles. The minimum atomic E-state index is -0.308. The van der Waals surface area contributed by atoms with E-state index in [4.69, 9.17) is 14.7 Å². The number of nitrogens with one attached hydrogen (secondary N) is 1. The Morgan fingerprint density at radius 3 is 2.48 bits per heavy atom. The molecule has 6 rings (SSSR count). The second kappa shape index (κ2) is 10.2. The number of likely N-dealkylation sites (N-methyl/N-ethyl adjacent to an activating group) is 1. The van der Waals surface area contributed by atoms with Gasteiger partial charge in [0.05, 0.1) is 23.3 Å². The van der Waals surface area contributed by atoms with Gasteiger partial charge in [0.1, 0.15) is 12.0 Å². The van der Waals surface area contributed by atoms with Crippen molar-refractivity contribution in [1.82, 2.24) is 9.88 Å². The largest absolute Gasteiger partial charge is 0.397 e. The summed E-state index contributed by atoms with van der Waals surface area (Å²) in [5.41, 5.74) is 4.27. The van der Waals surface area contributed by atoms with E-state index in [-0.39, 0.29) is 31.1 Å². The summed E-state index contributed by atoms with van der Waals surface area (Å²) in [5.74, 6) is 1.74. The van der Waals surface area contributed by atoms with E-state index in [1.54, 1.807) is 0 Å². The van der Waals surface area contributed by atoms with Crippen LogP contribution in [0.4, 0.5) is 17.2 Å². The molecule has 0 aliphatic carbocycles. The first-order valence-electron chi connectivity index (χ1n) is 14.3. The lowest BCUT2D eigenvalue weighted by Gasteiger charge is -2.46. The van der Waals surface area contributed by atoms with Crippen molar-refractivity contribution in [1.29, 1.82) is 0 Å². The van der Waals surface area contributed by atoms with E-state index < -0.39 is 0 Å². The number of ether oxygens (including phenoxy) is 1. The summed E-state index contributed by atoms with van der Waals surface area (Å²) in [6, 6.07) is 15.4. The minimum absolute atomic E-state index is 0.0974. The van der Waals surface area contributed by atoms with Gasteiger partial charge in [0.15, 0.2) is 6.17 Å². The van der Waals surface area contributed by atoms with E-state index in [0.717, 1.165) is 55.5 Å². The van der Waals surface area contributed by atoms with E-state index in [1.807, 2.05) is 4.58 Å². The maximum atomic E-state index is 6.41. The van der Waals surface area contributed by atoms with Crippen molar-refractivity contribution in [3.63, 3.8) is 0 Å². The Balaban J connectivity index is 1.30. The molecule has 2 unspecified atom stereocenters. The molecule has 0 spiro atoms. The molecule has 3 saturated heterocycles. The van der Waals surface area contributed by atoms with Crippen LogP contribution in [0.15, 0.2) is 59.2 Å². The topological polar surface area (TPSA) is 59.2 Å². The zero-order valence-electron chi connectivity index (χ0n) is 24.8. The van der Waals surface area contributed by atoms with Crippen LogP contribution in [0.1, 0.15) is 27.2 Å². The number of aliphatic imine (C=N–C) groups is 1. The number of piperazine rings is 1. The van der Waals surface area contributed by atoms with Gasteiger partial charge >= 0.3 is 5.96 Å². The number of pyridine rings is 1. The number of aromatic nitrogens is 1. The van der Waals surface area contributed by atoms with Crippen LogP contribution in [-0.4, -0.2) is 98.1 Å². The first-order chi connectivity index (χ1) is 19.1. The Hall–Kier alpha value is -2.80. The molecule has 1 N–H and O–H groups in total. The second-order valence-electron chi connectivity index (χ2n) is 12.7. The molecule has 212 valence electrons. The maximum Gasteiger partial charge on any atom is 0.397 e. The summed E-state index contributed by atoms with van der Waals surface area (Å²) in [4.78, 5) is 17.4. The Morgan fingerprint density at radius 2 is 1.77 bits per heavy atom. The predicted octanol–water partition coefficient (Wildman–Crippen LogP) is 4.00. The third-order valence-electron chi connectivity index (χ3n) is 9.05. The van der Waals surface area contributed by atoms with Crippen LogP contribution in [-0.2, 0) is 4.74 Å². The summed E-state index contributed by atoms with van der Waals surface area (Å²) >= 11 is 0. The lowest BCUT2D eigenvalue weighted by Crippen LogP contribution is -2.54. The molecule has 8 nitrogen and oxygen atoms in total. The summed E-state index contributed by atoms with van der Waals surface area (Å²) in [6.45, 7) is 20.7. The summed E-state index contributed by atoms with van der Waals surface area (Å²) in [6.07, 6.45) is 2.86. The van der Waals surface area contributed by atoms with E-state index in [9.17, 15) is 0 Å². The highest BCUT2D eigenvalue weighted by Gasteiger charge is 2.61. The third kappa shape index (κ3) is 4.84. The van der Waals surface area contributed by atoms with Gasteiger partial charge in [-0.2, -0.15) is 0 Å². The molecule has 4 aliphatic rings. The van der Waals surface area contributed by atoms with Crippen molar-refractivity contribution in [2.75, 3.05) is 68.3 Å². The molecule has 1 aromatic heterocycles. The lowest BCUT2D eigenvalue weighted by molar-refractivity contribution is -0.433. The highest BCUT2D eigenvalue weighted by Crippen LogP contribution is 2.53. The van der Waals surface area contributed by atoms with Crippen LogP contribution in [0.5, 0.6) is 0 Å². The van der Waals surface area contributed by atoms with Gasteiger partial charge in [-0.25, -0.2) is 14.9 Å². The Bertz CT molecular complexity index is 1350. The molecule has 0 radical (unpaired) electrons. The van der Waals surface area contributed by atoms with Crippen LogP contribution in [0.3, 0.4) is 0 Å². The zero-order valence-corrected chi connectivity index (χ0v) is 25.7. The molecule has 5 heterocycles. The van der Waals surface area contributed by atoms with Gasteiger partial charge in [-0.3, -0.25) is 0 Å². The molecule has 40 heavy (non-hydrogen) atoms. The van der Waals surface area contributed by atoms with Crippen LogP contribution in [0.2, 0.25) is 0 Å². The first-order valence-corrected chi connectivity index (χ1v) is 16.5. The van der Waals surface area contributed by atoms with E-state index >= 15 is 0 Å². The molecule has 3 atom stereocenters. The molecule has 0 saturated carbocycles. The normalized spacial score (nSPS) is 28.2. The SMILES string of the molecule is C=[N+]1C(Nc2ccc(N3CCN(C)CC3)cc2)=NC=C2C1N(c1cccc(P(C)C)n1)C1CC(C)(C)OC[C@]21C. The van der Waals surface area contributed by atoms with Crippen LogP contribution >= 0.6 is 7.92 Å². The van der Waals surface area contributed by atoms with Gasteiger partial charge < -0.3 is 19.4 Å². The number of guanidine groups is 1. The number of hydrogen-bond donors (Lipinski definition) is 1. The predicted molar refractivity (Wildman–Crippen MR) is 168 cm³/mol. The van der Waals surface area contributed by atoms with Gasteiger partial charge in [0.25, 0.3) is 0 Å². The van der Waals surface area contributed by atoms with Gasteiger partial charge in [0, 0.05) is 55.6 Å². The van der Waals surface area contributed by atoms with E-state index in [2.05, 4.69) is 117 Å². The highest BCUT2D eigenvalue weighted by molar-refractivity contribution is 7.63.